The minimum atomic E-state index is -0.498. The number of carbonyl (C=O) groups is 2. The summed E-state index contributed by atoms with van der Waals surface area (Å²) in [6.07, 6.45) is 7.04. The normalized spacial score (nSPS) is 12.9. The molecule has 2 aromatic carbocycles. The van der Waals surface area contributed by atoms with Gasteiger partial charge in [-0.2, -0.15) is 0 Å². The van der Waals surface area contributed by atoms with Crippen LogP contribution in [-0.2, 0) is 17.9 Å². The van der Waals surface area contributed by atoms with Gasteiger partial charge < -0.3 is 19.4 Å². The van der Waals surface area contributed by atoms with Crippen molar-refractivity contribution < 1.29 is 23.1 Å². The number of carbonyl (C=O) groups excluding carboxylic acids is 2. The quantitative estimate of drug-likeness (QED) is 0.249. The highest BCUT2D eigenvalue weighted by molar-refractivity contribution is 8.00. The van der Waals surface area contributed by atoms with Crippen LogP contribution in [0.2, 0.25) is 5.02 Å². The summed E-state index contributed by atoms with van der Waals surface area (Å²) >= 11 is 7.89. The van der Waals surface area contributed by atoms with E-state index in [1.807, 2.05) is 0 Å². The third-order valence-electron chi connectivity index (χ3n) is 6.14. The summed E-state index contributed by atoms with van der Waals surface area (Å²) in [5.74, 6) is 0.330. The van der Waals surface area contributed by atoms with Gasteiger partial charge in [0.25, 0.3) is 5.91 Å². The molecule has 1 aromatic heterocycles. The van der Waals surface area contributed by atoms with E-state index in [0.29, 0.717) is 29.4 Å². The molecule has 1 aliphatic heterocycles. The number of anilines is 1. The number of amides is 2. The largest absolute Gasteiger partial charge is 0.492 e. The van der Waals surface area contributed by atoms with Gasteiger partial charge in [0.2, 0.25) is 5.91 Å². The number of rotatable bonds is 12. The molecule has 1 aliphatic rings. The molecule has 3 aromatic rings. The molecule has 0 saturated heterocycles. The number of halogens is 2. The maximum absolute atomic E-state index is 14.8. The average molecular weight is 545 g/mol. The fourth-order valence-corrected chi connectivity index (χ4v) is 5.32. The fourth-order valence-electron chi connectivity index (χ4n) is 4.08. The minimum absolute atomic E-state index is 0.0329. The molecule has 4 rings (SSSR count). The average Bonchev–Trinajstić information content (AvgIpc) is 3.43. The molecule has 0 aliphatic carbocycles. The molecule has 1 N–H and O–H groups in total. The van der Waals surface area contributed by atoms with Crippen molar-refractivity contribution in [2.45, 2.75) is 57.0 Å². The Hall–Kier alpha value is -2.97. The van der Waals surface area contributed by atoms with Gasteiger partial charge in [-0.25, -0.2) is 4.39 Å². The molecule has 196 valence electrons. The second-order valence-corrected chi connectivity index (χ2v) is 10.2. The van der Waals surface area contributed by atoms with Crippen molar-refractivity contribution in [2.75, 3.05) is 17.3 Å². The van der Waals surface area contributed by atoms with Crippen molar-refractivity contribution >= 4 is 40.9 Å². The number of ether oxygens (including phenoxy) is 1. The molecule has 0 atom stereocenters. The van der Waals surface area contributed by atoms with Gasteiger partial charge in [-0.05, 0) is 48.9 Å². The molecule has 2 amide bonds. The van der Waals surface area contributed by atoms with Crippen molar-refractivity contribution in [1.82, 2.24) is 5.32 Å². The van der Waals surface area contributed by atoms with Crippen LogP contribution >= 0.6 is 23.4 Å². The minimum Gasteiger partial charge on any atom is -0.492 e. The molecule has 0 fully saturated rings. The number of benzene rings is 2. The highest BCUT2D eigenvalue weighted by Gasteiger charge is 2.28. The predicted octanol–water partition coefficient (Wildman–Crippen LogP) is 6.99. The molecular weight excluding hydrogens is 515 g/mol. The van der Waals surface area contributed by atoms with Crippen LogP contribution < -0.4 is 15.0 Å². The summed E-state index contributed by atoms with van der Waals surface area (Å²) in [7, 11) is 0. The lowest BCUT2D eigenvalue weighted by molar-refractivity contribution is -0.116. The first-order valence-corrected chi connectivity index (χ1v) is 13.8. The van der Waals surface area contributed by atoms with Gasteiger partial charge in [0, 0.05) is 16.0 Å². The molecule has 6 nitrogen and oxygen atoms in total. The van der Waals surface area contributed by atoms with E-state index in [1.54, 1.807) is 36.6 Å². The first-order valence-electron chi connectivity index (χ1n) is 12.5. The number of hydrogen-bond acceptors (Lipinski definition) is 5. The molecule has 2 heterocycles. The number of hydrogen-bond donors (Lipinski definition) is 1. The third-order valence-corrected chi connectivity index (χ3v) is 7.58. The SMILES string of the molecule is CCCCCCCOc1ccc(F)c(CN2C(=O)CSc3cc(C(=O)NCc4ccco4)ccc32)c1Cl. The van der Waals surface area contributed by atoms with Crippen molar-refractivity contribution in [3.05, 3.63) is 76.5 Å². The number of unbranched alkanes of at least 4 members (excludes halogenated alkanes) is 4. The van der Waals surface area contributed by atoms with Crippen molar-refractivity contribution in [3.63, 3.8) is 0 Å². The zero-order valence-corrected chi connectivity index (χ0v) is 22.3. The molecule has 9 heteroatoms. The summed E-state index contributed by atoms with van der Waals surface area (Å²) in [6.45, 7) is 2.91. The molecule has 0 saturated carbocycles. The fraction of sp³-hybridized carbons (Fsp3) is 0.357. The van der Waals surface area contributed by atoms with Crippen LogP contribution in [0.5, 0.6) is 5.75 Å². The second kappa shape index (κ2) is 13.0. The Morgan fingerprint density at radius 1 is 1.19 bits per heavy atom. The Kier molecular flexibility index (Phi) is 9.52. The maximum Gasteiger partial charge on any atom is 0.251 e. The number of fused-ring (bicyclic) bond motifs is 1. The van der Waals surface area contributed by atoms with Gasteiger partial charge in [0.1, 0.15) is 17.3 Å². The predicted molar refractivity (Wildman–Crippen MR) is 144 cm³/mol. The molecule has 37 heavy (non-hydrogen) atoms. The van der Waals surface area contributed by atoms with Crippen LogP contribution in [0.3, 0.4) is 0 Å². The van der Waals surface area contributed by atoms with Crippen LogP contribution in [0.1, 0.15) is 60.7 Å². The van der Waals surface area contributed by atoms with Gasteiger partial charge in [0.15, 0.2) is 0 Å². The Labute approximate surface area is 225 Å². The molecule has 0 bridgehead atoms. The summed E-state index contributed by atoms with van der Waals surface area (Å²) in [5, 5.41) is 2.99. The van der Waals surface area contributed by atoms with E-state index >= 15 is 0 Å². The number of nitrogens with one attached hydrogen (secondary N) is 1. The van der Waals surface area contributed by atoms with Gasteiger partial charge in [-0.3, -0.25) is 9.59 Å². The summed E-state index contributed by atoms with van der Waals surface area (Å²) < 4.78 is 25.9. The van der Waals surface area contributed by atoms with E-state index in [4.69, 9.17) is 20.8 Å². The Morgan fingerprint density at radius 2 is 2.03 bits per heavy atom. The van der Waals surface area contributed by atoms with Crippen LogP contribution in [0, 0.1) is 5.82 Å². The molecule has 0 radical (unpaired) electrons. The van der Waals surface area contributed by atoms with Crippen molar-refractivity contribution in [3.8, 4) is 5.75 Å². The van der Waals surface area contributed by atoms with Crippen LogP contribution in [-0.4, -0.2) is 24.2 Å². The highest BCUT2D eigenvalue weighted by Crippen LogP contribution is 2.39. The molecule has 0 spiro atoms. The van der Waals surface area contributed by atoms with E-state index in [2.05, 4.69) is 12.2 Å². The summed E-state index contributed by atoms with van der Waals surface area (Å²) in [5.41, 5.74) is 1.28. The van der Waals surface area contributed by atoms with E-state index in [0.717, 1.165) is 24.2 Å². The molecular formula is C28H30ClFN2O4S. The topological polar surface area (TPSA) is 71.8 Å². The maximum atomic E-state index is 14.8. The second-order valence-electron chi connectivity index (χ2n) is 8.81. The third kappa shape index (κ3) is 6.87. The first kappa shape index (κ1) is 27.1. The lowest BCUT2D eigenvalue weighted by Crippen LogP contribution is -2.35. The van der Waals surface area contributed by atoms with Crippen molar-refractivity contribution in [2.24, 2.45) is 0 Å². The number of thioether (sulfide) groups is 1. The highest BCUT2D eigenvalue weighted by atomic mass is 35.5. The Bertz CT molecular complexity index is 1240. The lowest BCUT2D eigenvalue weighted by Gasteiger charge is -2.30. The standard InChI is InChI=1S/C28H30ClFN2O4S/c1-2-3-4-5-6-13-36-24-12-10-22(30)21(27(24)29)17-32-23-11-9-19(15-25(23)37-18-26(32)33)28(34)31-16-20-8-7-14-35-20/h7-12,14-15H,2-6,13,16-18H2,1H3,(H,31,34). The van der Waals surface area contributed by atoms with Crippen LogP contribution in [0.25, 0.3) is 0 Å². The van der Waals surface area contributed by atoms with E-state index in [9.17, 15) is 14.0 Å². The number of furan rings is 1. The Morgan fingerprint density at radius 3 is 2.81 bits per heavy atom. The van der Waals surface area contributed by atoms with E-state index in [1.165, 1.54) is 41.6 Å². The zero-order valence-electron chi connectivity index (χ0n) is 20.7. The smallest absolute Gasteiger partial charge is 0.251 e. The van der Waals surface area contributed by atoms with Crippen LogP contribution in [0.4, 0.5) is 10.1 Å². The zero-order chi connectivity index (χ0) is 26.2. The monoisotopic (exact) mass is 544 g/mol. The van der Waals surface area contributed by atoms with E-state index < -0.39 is 5.82 Å². The Balaban J connectivity index is 1.46. The van der Waals surface area contributed by atoms with Gasteiger partial charge >= 0.3 is 0 Å². The summed E-state index contributed by atoms with van der Waals surface area (Å²) in [6, 6.07) is 11.5. The van der Waals surface area contributed by atoms with Gasteiger partial charge in [-0.15, -0.1) is 11.8 Å². The molecule has 0 unspecified atom stereocenters. The summed E-state index contributed by atoms with van der Waals surface area (Å²) in [4.78, 5) is 27.7. The number of nitrogens with zero attached hydrogens (tertiary/aromatic N) is 1. The van der Waals surface area contributed by atoms with Gasteiger partial charge in [-0.1, -0.05) is 44.2 Å². The van der Waals surface area contributed by atoms with Crippen LogP contribution in [0.15, 0.2) is 58.0 Å². The van der Waals surface area contributed by atoms with Crippen molar-refractivity contribution in [1.29, 1.82) is 0 Å². The lowest BCUT2D eigenvalue weighted by atomic mass is 10.1. The van der Waals surface area contributed by atoms with Gasteiger partial charge in [0.05, 0.1) is 42.4 Å². The first-order chi connectivity index (χ1) is 18.0. The van der Waals surface area contributed by atoms with E-state index in [-0.39, 0.29) is 41.2 Å².